The van der Waals surface area contributed by atoms with Crippen molar-refractivity contribution in [2.24, 2.45) is 5.41 Å². The van der Waals surface area contributed by atoms with Crippen LogP contribution in [0.5, 0.6) is 0 Å². The molecule has 1 aliphatic carbocycles. The number of aryl methyl sites for hydroxylation is 1. The summed E-state index contributed by atoms with van der Waals surface area (Å²) in [5, 5.41) is 8.95. The fraction of sp³-hybridized carbons (Fsp3) is 0.423. The summed E-state index contributed by atoms with van der Waals surface area (Å²) in [4.78, 5) is 31.1. The van der Waals surface area contributed by atoms with Crippen molar-refractivity contribution in [3.63, 3.8) is 0 Å². The lowest BCUT2D eigenvalue weighted by atomic mass is 9.70. The van der Waals surface area contributed by atoms with E-state index in [0.717, 1.165) is 66.6 Å². The van der Waals surface area contributed by atoms with E-state index in [1.165, 1.54) is 0 Å². The van der Waals surface area contributed by atoms with Gasteiger partial charge in [-0.1, -0.05) is 18.2 Å². The molecular formula is C26H32N4O4. The molecule has 3 aromatic rings. The topological polar surface area (TPSA) is 96.7 Å². The van der Waals surface area contributed by atoms with Crippen molar-refractivity contribution in [1.29, 1.82) is 0 Å². The minimum atomic E-state index is -0.541. The number of hydroxylamine groups is 1. The largest absolute Gasteiger partial charge is 0.383 e. The molecule has 0 saturated carbocycles. The number of amides is 1. The number of fused-ring (bicyclic) bond motifs is 2. The molecule has 1 aliphatic rings. The van der Waals surface area contributed by atoms with Gasteiger partial charge in [0.15, 0.2) is 0 Å². The third kappa shape index (κ3) is 5.04. The second-order valence-electron chi connectivity index (χ2n) is 9.23. The van der Waals surface area contributed by atoms with E-state index in [2.05, 4.69) is 22.6 Å². The van der Waals surface area contributed by atoms with Gasteiger partial charge in [-0.05, 0) is 74.7 Å². The summed E-state index contributed by atoms with van der Waals surface area (Å²) < 4.78 is 7.50. The van der Waals surface area contributed by atoms with Gasteiger partial charge in [-0.25, -0.2) is 10.5 Å². The van der Waals surface area contributed by atoms with E-state index in [-0.39, 0.29) is 0 Å². The molecule has 0 spiro atoms. The third-order valence-corrected chi connectivity index (χ3v) is 6.91. The molecular weight excluding hydrogens is 432 g/mol. The molecule has 4 rings (SSSR count). The van der Waals surface area contributed by atoms with E-state index < -0.39 is 11.3 Å². The standard InChI is InChI=1S/C26H32N4O4/c1-29(17-24-27-22-5-3-4-6-23(22)30(24)13-14-34-2)12-11-26(18-31)10-9-19-7-8-20(25(32)28-33)15-21(19)16-26/h3-8,15,18,33H,9-14,16-17H2,1-2H3,(H,28,32)/t26-/m1/s1. The summed E-state index contributed by atoms with van der Waals surface area (Å²) in [6.45, 7) is 2.77. The van der Waals surface area contributed by atoms with Gasteiger partial charge >= 0.3 is 0 Å². The highest BCUT2D eigenvalue weighted by atomic mass is 16.5. The van der Waals surface area contributed by atoms with Crippen LogP contribution in [0.4, 0.5) is 0 Å². The van der Waals surface area contributed by atoms with Crippen LogP contribution in [0, 0.1) is 5.41 Å². The average Bonchev–Trinajstić information content (AvgIpc) is 3.21. The molecule has 0 radical (unpaired) electrons. The number of hydrogen-bond donors (Lipinski definition) is 2. The zero-order valence-corrected chi connectivity index (χ0v) is 19.8. The zero-order valence-electron chi connectivity index (χ0n) is 19.8. The molecule has 8 nitrogen and oxygen atoms in total. The van der Waals surface area contributed by atoms with Crippen molar-refractivity contribution >= 4 is 23.2 Å². The number of rotatable bonds is 10. The van der Waals surface area contributed by atoms with Gasteiger partial charge in [0.1, 0.15) is 12.1 Å². The van der Waals surface area contributed by atoms with Crippen LogP contribution < -0.4 is 5.48 Å². The molecule has 8 heteroatoms. The molecule has 1 aromatic heterocycles. The summed E-state index contributed by atoms with van der Waals surface area (Å²) in [6.07, 6.45) is 4.00. The lowest BCUT2D eigenvalue weighted by Crippen LogP contribution is -2.35. The molecule has 1 amide bonds. The Hall–Kier alpha value is -3.07. The lowest BCUT2D eigenvalue weighted by Gasteiger charge is -2.35. The average molecular weight is 465 g/mol. The number of hydrogen-bond acceptors (Lipinski definition) is 6. The number of nitrogens with zero attached hydrogens (tertiary/aromatic N) is 3. The van der Waals surface area contributed by atoms with Gasteiger partial charge in [0.05, 0.1) is 24.2 Å². The Labute approximate surface area is 199 Å². The van der Waals surface area contributed by atoms with Crippen LogP contribution in [0.3, 0.4) is 0 Å². The highest BCUT2D eigenvalue weighted by Crippen LogP contribution is 2.37. The first kappa shape index (κ1) is 24.1. The normalized spacial score (nSPS) is 17.6. The molecule has 0 saturated heterocycles. The minimum Gasteiger partial charge on any atom is -0.383 e. The molecule has 34 heavy (non-hydrogen) atoms. The SMILES string of the molecule is COCCn1c(CN(C)CC[C@]2(C=O)CCc3ccc(C(=O)NO)cc3C2)nc2ccccc21. The number of carbonyl (C=O) groups excluding carboxylic acids is 2. The smallest absolute Gasteiger partial charge is 0.274 e. The molecule has 1 atom stereocenters. The van der Waals surface area contributed by atoms with E-state index in [9.17, 15) is 9.59 Å². The number of carbonyl (C=O) groups is 2. The Kier molecular flexibility index (Phi) is 7.41. The van der Waals surface area contributed by atoms with Crippen LogP contribution in [0.25, 0.3) is 11.0 Å². The van der Waals surface area contributed by atoms with E-state index in [0.29, 0.717) is 25.1 Å². The molecule has 180 valence electrons. The van der Waals surface area contributed by atoms with Crippen LogP contribution in [-0.4, -0.2) is 59.2 Å². The maximum Gasteiger partial charge on any atom is 0.274 e. The quantitative estimate of drug-likeness (QED) is 0.272. The van der Waals surface area contributed by atoms with Crippen LogP contribution in [0.2, 0.25) is 0 Å². The minimum absolute atomic E-state index is 0.398. The highest BCUT2D eigenvalue weighted by molar-refractivity contribution is 5.93. The second kappa shape index (κ2) is 10.5. The lowest BCUT2D eigenvalue weighted by molar-refractivity contribution is -0.117. The van der Waals surface area contributed by atoms with Gasteiger partial charge in [0, 0.05) is 24.6 Å². The van der Waals surface area contributed by atoms with Gasteiger partial charge in [-0.3, -0.25) is 14.9 Å². The van der Waals surface area contributed by atoms with Crippen molar-refractivity contribution in [3.05, 3.63) is 65.0 Å². The Morgan fingerprint density at radius 3 is 2.88 bits per heavy atom. The van der Waals surface area contributed by atoms with Gasteiger partial charge in [0.25, 0.3) is 5.91 Å². The number of aromatic nitrogens is 2. The van der Waals surface area contributed by atoms with Crippen LogP contribution in [0.15, 0.2) is 42.5 Å². The molecule has 2 aromatic carbocycles. The van der Waals surface area contributed by atoms with E-state index in [1.54, 1.807) is 24.7 Å². The summed E-state index contributed by atoms with van der Waals surface area (Å²) in [5.74, 6) is 0.440. The van der Waals surface area contributed by atoms with Gasteiger partial charge < -0.3 is 14.1 Å². The molecule has 0 aliphatic heterocycles. The maximum absolute atomic E-state index is 12.3. The summed E-state index contributed by atoms with van der Waals surface area (Å²) in [5.41, 5.74) is 5.84. The molecule has 1 heterocycles. The highest BCUT2D eigenvalue weighted by Gasteiger charge is 2.34. The predicted molar refractivity (Wildman–Crippen MR) is 129 cm³/mol. The number of aldehydes is 1. The van der Waals surface area contributed by atoms with Gasteiger partial charge in [-0.15, -0.1) is 0 Å². The van der Waals surface area contributed by atoms with E-state index >= 15 is 0 Å². The summed E-state index contributed by atoms with van der Waals surface area (Å²) in [7, 11) is 3.75. The fourth-order valence-electron chi connectivity index (χ4n) is 4.88. The first-order valence-electron chi connectivity index (χ1n) is 11.6. The monoisotopic (exact) mass is 464 g/mol. The third-order valence-electron chi connectivity index (χ3n) is 6.91. The Balaban J connectivity index is 1.46. The zero-order chi connectivity index (χ0) is 24.1. The van der Waals surface area contributed by atoms with E-state index in [1.807, 2.05) is 24.3 Å². The molecule has 0 unspecified atom stereocenters. The number of ether oxygens (including phenoxy) is 1. The fourth-order valence-corrected chi connectivity index (χ4v) is 4.88. The van der Waals surface area contributed by atoms with Crippen LogP contribution in [0.1, 0.15) is 40.2 Å². The van der Waals surface area contributed by atoms with Crippen LogP contribution in [-0.2, 0) is 35.5 Å². The Bertz CT molecular complexity index is 1170. The molecule has 2 N–H and O–H groups in total. The van der Waals surface area contributed by atoms with Crippen LogP contribution >= 0.6 is 0 Å². The number of nitrogens with one attached hydrogen (secondary N) is 1. The van der Waals surface area contributed by atoms with E-state index in [4.69, 9.17) is 14.9 Å². The van der Waals surface area contributed by atoms with Crippen molar-refractivity contribution in [2.45, 2.75) is 38.8 Å². The molecule has 0 fully saturated rings. The van der Waals surface area contributed by atoms with Gasteiger partial charge in [-0.2, -0.15) is 0 Å². The summed E-state index contributed by atoms with van der Waals surface area (Å²) in [6, 6.07) is 13.5. The van der Waals surface area contributed by atoms with Gasteiger partial charge in [0.2, 0.25) is 0 Å². The summed E-state index contributed by atoms with van der Waals surface area (Å²) >= 11 is 0. The number of para-hydroxylation sites is 2. The number of benzene rings is 2. The first-order chi connectivity index (χ1) is 16.5. The predicted octanol–water partition coefficient (Wildman–Crippen LogP) is 3.00. The number of imidazole rings is 1. The van der Waals surface area contributed by atoms with Crippen molar-refractivity contribution in [3.8, 4) is 0 Å². The molecule has 0 bridgehead atoms. The Morgan fingerprint density at radius 2 is 2.12 bits per heavy atom. The van der Waals surface area contributed by atoms with Crippen molar-refractivity contribution < 1.29 is 19.5 Å². The van der Waals surface area contributed by atoms with Crippen molar-refractivity contribution in [1.82, 2.24) is 19.9 Å². The first-order valence-corrected chi connectivity index (χ1v) is 11.6. The number of methoxy groups -OCH3 is 1. The second-order valence-corrected chi connectivity index (χ2v) is 9.23. The Morgan fingerprint density at radius 1 is 1.29 bits per heavy atom. The van der Waals surface area contributed by atoms with Crippen molar-refractivity contribution in [2.75, 3.05) is 27.3 Å². The maximum atomic E-state index is 12.3.